The average Bonchev–Trinajstić information content (AvgIpc) is 2.98. The van der Waals surface area contributed by atoms with Gasteiger partial charge in [0.2, 0.25) is 0 Å². The summed E-state index contributed by atoms with van der Waals surface area (Å²) in [5, 5.41) is 9.75. The minimum Gasteiger partial charge on any atom is -0.489 e. The number of ether oxygens (including phenoxy) is 2. The molecule has 1 unspecified atom stereocenters. The van der Waals surface area contributed by atoms with Crippen molar-refractivity contribution < 1.29 is 63.7 Å². The molecule has 0 radical (unpaired) electrons. The van der Waals surface area contributed by atoms with Gasteiger partial charge in [-0.15, -0.1) is 0 Å². The summed E-state index contributed by atoms with van der Waals surface area (Å²) < 4.78 is 128. The zero-order valence-corrected chi connectivity index (χ0v) is 23.1. The molecule has 0 aromatic heterocycles. The second kappa shape index (κ2) is 13.2. The molecule has 0 fully saturated rings. The van der Waals surface area contributed by atoms with Crippen LogP contribution < -0.4 is 4.74 Å². The molecule has 0 saturated heterocycles. The Kier molecular flexibility index (Phi) is 9.68. The van der Waals surface area contributed by atoms with Crippen LogP contribution in [0.1, 0.15) is 60.2 Å². The second-order valence-electron chi connectivity index (χ2n) is 9.91. The van der Waals surface area contributed by atoms with Crippen LogP contribution >= 0.6 is 0 Å². The van der Waals surface area contributed by atoms with Crippen molar-refractivity contribution in [1.82, 2.24) is 0 Å². The summed E-state index contributed by atoms with van der Waals surface area (Å²) in [6.07, 6.45) is -15.5. The van der Waals surface area contributed by atoms with E-state index in [9.17, 15) is 54.2 Å². The van der Waals surface area contributed by atoms with Gasteiger partial charge in [-0.2, -0.15) is 39.5 Å². The number of halogens is 9. The largest absolute Gasteiger partial charge is 0.489 e. The van der Waals surface area contributed by atoms with E-state index in [0.29, 0.717) is 5.56 Å². The van der Waals surface area contributed by atoms with E-state index in [4.69, 9.17) is 9.47 Å². The van der Waals surface area contributed by atoms with E-state index in [1.54, 1.807) is 0 Å². The van der Waals surface area contributed by atoms with E-state index < -0.39 is 64.4 Å². The van der Waals surface area contributed by atoms with Gasteiger partial charge in [0.25, 0.3) is 0 Å². The molecule has 0 heterocycles. The van der Waals surface area contributed by atoms with E-state index in [-0.39, 0.29) is 29.9 Å². The Morgan fingerprint density at radius 3 is 1.52 bits per heavy atom. The Morgan fingerprint density at radius 1 is 0.609 bits per heavy atom. The quantitative estimate of drug-likeness (QED) is 0.144. The maximum Gasteiger partial charge on any atom is 0.416 e. The summed E-state index contributed by atoms with van der Waals surface area (Å²) in [5.41, 5.74) is -3.28. The number of carboxylic acid groups (broad SMARTS) is 1. The van der Waals surface area contributed by atoms with E-state index in [2.05, 4.69) is 0 Å². The van der Waals surface area contributed by atoms with Gasteiger partial charge in [-0.25, -0.2) is 9.59 Å². The Labute approximate surface area is 254 Å². The number of hydrogen-bond donors (Lipinski definition) is 1. The fraction of sp³-hybridized carbons (Fsp3) is 0.188. The van der Waals surface area contributed by atoms with Crippen molar-refractivity contribution in [2.75, 3.05) is 0 Å². The van der Waals surface area contributed by atoms with Crippen LogP contribution in [0, 0.1) is 0 Å². The topological polar surface area (TPSA) is 72.8 Å². The lowest BCUT2D eigenvalue weighted by molar-refractivity contribution is -0.138. The molecule has 1 atom stereocenters. The van der Waals surface area contributed by atoms with Gasteiger partial charge < -0.3 is 14.6 Å². The zero-order valence-electron chi connectivity index (χ0n) is 23.1. The van der Waals surface area contributed by atoms with Crippen LogP contribution in [0.5, 0.6) is 5.75 Å². The highest BCUT2D eigenvalue weighted by Gasteiger charge is 2.32. The predicted molar refractivity (Wildman–Crippen MR) is 144 cm³/mol. The SMILES string of the molecule is O=C(O)c1cc(OCc2ccc(C(F)(F)F)cc2)ccc1C(=O)OC(Cc1ccc(C(F)(F)F)cc1)c1ccc(C(F)(F)F)cc1. The van der Waals surface area contributed by atoms with Crippen LogP contribution in [0.3, 0.4) is 0 Å². The molecule has 46 heavy (non-hydrogen) atoms. The first-order chi connectivity index (χ1) is 21.4. The molecule has 4 aromatic carbocycles. The van der Waals surface area contributed by atoms with E-state index >= 15 is 0 Å². The standard InChI is InChI=1S/C32H21F9O5/c33-30(34,35)21-7-1-18(2-8-21)15-27(20-5-11-23(12-6-20)32(39,40)41)46-29(44)25-14-13-24(16-26(25)28(42)43)45-17-19-3-9-22(10-4-19)31(36,37)38/h1-14,16,27H,15,17H2,(H,42,43). The van der Waals surface area contributed by atoms with E-state index in [1.165, 1.54) is 18.2 Å². The van der Waals surface area contributed by atoms with Crippen LogP contribution in [-0.2, 0) is 36.3 Å². The molecule has 0 saturated carbocycles. The normalized spacial score (nSPS) is 12.8. The summed E-state index contributed by atoms with van der Waals surface area (Å²) in [6, 6.07) is 14.6. The lowest BCUT2D eigenvalue weighted by atomic mass is 9.98. The minimum absolute atomic E-state index is 0.0506. The predicted octanol–water partition coefficient (Wildman–Crippen LogP) is 9.16. The highest BCUT2D eigenvalue weighted by molar-refractivity contribution is 6.02. The van der Waals surface area contributed by atoms with Gasteiger partial charge in [0.05, 0.1) is 27.8 Å². The second-order valence-corrected chi connectivity index (χ2v) is 9.91. The van der Waals surface area contributed by atoms with Crippen molar-refractivity contribution in [1.29, 1.82) is 0 Å². The maximum absolute atomic E-state index is 13.2. The van der Waals surface area contributed by atoms with Gasteiger partial charge in [-0.3, -0.25) is 0 Å². The Hall–Kier alpha value is -5.01. The summed E-state index contributed by atoms with van der Waals surface area (Å²) >= 11 is 0. The van der Waals surface area contributed by atoms with Gasteiger partial charge in [-0.05, 0) is 71.3 Å². The minimum atomic E-state index is -4.68. The molecule has 0 aliphatic heterocycles. The molecule has 4 aromatic rings. The number of carbonyl (C=O) groups is 2. The monoisotopic (exact) mass is 656 g/mol. The Bertz CT molecular complexity index is 1670. The number of aromatic carboxylic acids is 1. The zero-order chi connectivity index (χ0) is 33.9. The summed E-state index contributed by atoms with van der Waals surface area (Å²) in [6.45, 7) is -0.246. The van der Waals surface area contributed by atoms with Crippen molar-refractivity contribution >= 4 is 11.9 Å². The molecular formula is C32H21F9O5. The number of alkyl halides is 9. The number of benzene rings is 4. The van der Waals surface area contributed by atoms with Gasteiger partial charge in [-0.1, -0.05) is 36.4 Å². The molecule has 14 heteroatoms. The highest BCUT2D eigenvalue weighted by atomic mass is 19.4. The third-order valence-corrected chi connectivity index (χ3v) is 6.69. The molecule has 0 amide bonds. The van der Waals surface area contributed by atoms with Crippen LogP contribution in [0.4, 0.5) is 39.5 Å². The van der Waals surface area contributed by atoms with Crippen molar-refractivity contribution in [3.05, 3.63) is 136 Å². The number of hydrogen-bond acceptors (Lipinski definition) is 4. The van der Waals surface area contributed by atoms with Gasteiger partial charge >= 0.3 is 30.5 Å². The van der Waals surface area contributed by atoms with Crippen molar-refractivity contribution in [3.63, 3.8) is 0 Å². The van der Waals surface area contributed by atoms with Crippen LogP contribution in [0.25, 0.3) is 0 Å². The molecule has 0 aliphatic carbocycles. The summed E-state index contributed by atoms with van der Waals surface area (Å²) in [5.74, 6) is -2.85. The van der Waals surface area contributed by atoms with Gasteiger partial charge in [0, 0.05) is 6.42 Å². The summed E-state index contributed by atoms with van der Waals surface area (Å²) in [7, 11) is 0. The lowest BCUT2D eigenvalue weighted by Gasteiger charge is -2.20. The fourth-order valence-corrected chi connectivity index (χ4v) is 4.28. The molecule has 5 nitrogen and oxygen atoms in total. The van der Waals surface area contributed by atoms with Crippen molar-refractivity contribution in [3.8, 4) is 5.75 Å². The van der Waals surface area contributed by atoms with Crippen molar-refractivity contribution in [2.45, 2.75) is 37.7 Å². The molecule has 242 valence electrons. The average molecular weight is 656 g/mol. The smallest absolute Gasteiger partial charge is 0.416 e. The molecular weight excluding hydrogens is 635 g/mol. The Morgan fingerprint density at radius 2 is 1.07 bits per heavy atom. The first kappa shape index (κ1) is 33.9. The third-order valence-electron chi connectivity index (χ3n) is 6.69. The number of carbonyl (C=O) groups excluding carboxylic acids is 1. The number of esters is 1. The highest BCUT2D eigenvalue weighted by Crippen LogP contribution is 2.34. The Balaban J connectivity index is 1.57. The van der Waals surface area contributed by atoms with Gasteiger partial charge in [0.1, 0.15) is 18.5 Å². The van der Waals surface area contributed by atoms with E-state index in [1.807, 2.05) is 0 Å². The molecule has 0 aliphatic rings. The molecule has 4 rings (SSSR count). The first-order valence-electron chi connectivity index (χ1n) is 13.1. The van der Waals surface area contributed by atoms with Crippen LogP contribution in [-0.4, -0.2) is 17.0 Å². The number of carboxylic acids is 1. The fourth-order valence-electron chi connectivity index (χ4n) is 4.28. The lowest BCUT2D eigenvalue weighted by Crippen LogP contribution is -2.17. The maximum atomic E-state index is 13.2. The molecule has 0 spiro atoms. The van der Waals surface area contributed by atoms with Crippen LogP contribution in [0.15, 0.2) is 91.0 Å². The molecule has 1 N–H and O–H groups in total. The molecule has 0 bridgehead atoms. The number of rotatable bonds is 9. The third kappa shape index (κ3) is 8.58. The summed E-state index contributed by atoms with van der Waals surface area (Å²) in [4.78, 5) is 25.2. The van der Waals surface area contributed by atoms with Crippen LogP contribution in [0.2, 0.25) is 0 Å². The van der Waals surface area contributed by atoms with E-state index in [0.717, 1.165) is 72.8 Å². The van der Waals surface area contributed by atoms with Crippen molar-refractivity contribution in [2.24, 2.45) is 0 Å². The first-order valence-corrected chi connectivity index (χ1v) is 13.1. The van der Waals surface area contributed by atoms with Gasteiger partial charge in [0.15, 0.2) is 0 Å².